The number of benzene rings is 2. The van der Waals surface area contributed by atoms with Gasteiger partial charge in [0.25, 0.3) is 5.91 Å². The first-order chi connectivity index (χ1) is 13.7. The Labute approximate surface area is 177 Å². The zero-order valence-electron chi connectivity index (χ0n) is 17.9. The Hall–Kier alpha value is -2.66. The summed E-state index contributed by atoms with van der Waals surface area (Å²) in [5.41, 5.74) is 8.12. The van der Waals surface area contributed by atoms with Gasteiger partial charge in [0, 0.05) is 10.9 Å². The normalized spacial score (nSPS) is 11.0. The van der Waals surface area contributed by atoms with Crippen LogP contribution in [-0.2, 0) is 4.79 Å². The quantitative estimate of drug-likeness (QED) is 0.529. The molecular weight excluding hydrogens is 380 g/mol. The number of anilines is 1. The monoisotopic (exact) mass is 408 g/mol. The third kappa shape index (κ3) is 5.04. The van der Waals surface area contributed by atoms with E-state index in [0.717, 1.165) is 11.3 Å². The molecule has 2 aromatic carbocycles. The van der Waals surface area contributed by atoms with Crippen LogP contribution in [0.15, 0.2) is 35.7 Å². The van der Waals surface area contributed by atoms with Crippen LogP contribution in [0.1, 0.15) is 47.6 Å². The van der Waals surface area contributed by atoms with Crippen LogP contribution >= 0.6 is 11.3 Å². The molecular formula is C24H28N2O2S. The molecule has 0 saturated carbocycles. The maximum Gasteiger partial charge on any atom is 0.264 e. The van der Waals surface area contributed by atoms with Gasteiger partial charge < -0.3 is 4.74 Å². The van der Waals surface area contributed by atoms with Crippen LogP contribution in [0, 0.1) is 27.7 Å². The first-order valence-corrected chi connectivity index (χ1v) is 10.7. The SMILES string of the molecule is Cc1cc(C)c(-c2csc(NC(=O)COc3ccc(C(C)C)c(C)c3)n2)cc1C. The van der Waals surface area contributed by atoms with E-state index in [1.165, 1.54) is 39.2 Å². The summed E-state index contributed by atoms with van der Waals surface area (Å²) in [5.74, 6) is 0.952. The van der Waals surface area contributed by atoms with Crippen molar-refractivity contribution in [2.24, 2.45) is 0 Å². The maximum absolute atomic E-state index is 12.3. The number of rotatable bonds is 6. The van der Waals surface area contributed by atoms with E-state index in [1.807, 2.05) is 17.5 Å². The van der Waals surface area contributed by atoms with Crippen LogP contribution in [0.4, 0.5) is 5.13 Å². The largest absolute Gasteiger partial charge is 0.484 e. The van der Waals surface area contributed by atoms with Gasteiger partial charge in [-0.25, -0.2) is 4.98 Å². The molecule has 0 atom stereocenters. The fourth-order valence-electron chi connectivity index (χ4n) is 3.38. The molecule has 4 nitrogen and oxygen atoms in total. The smallest absolute Gasteiger partial charge is 0.264 e. The average Bonchev–Trinajstić information content (AvgIpc) is 3.11. The van der Waals surface area contributed by atoms with E-state index >= 15 is 0 Å². The van der Waals surface area contributed by atoms with E-state index in [-0.39, 0.29) is 12.5 Å². The lowest BCUT2D eigenvalue weighted by molar-refractivity contribution is -0.118. The lowest BCUT2D eigenvalue weighted by atomic mass is 9.98. The number of nitrogens with one attached hydrogen (secondary N) is 1. The van der Waals surface area contributed by atoms with Gasteiger partial charge in [-0.1, -0.05) is 26.0 Å². The molecule has 29 heavy (non-hydrogen) atoms. The molecule has 0 aliphatic carbocycles. The molecule has 1 amide bonds. The number of hydrogen-bond acceptors (Lipinski definition) is 4. The van der Waals surface area contributed by atoms with Crippen LogP contribution in [0.25, 0.3) is 11.3 Å². The zero-order valence-corrected chi connectivity index (χ0v) is 18.7. The van der Waals surface area contributed by atoms with E-state index in [0.29, 0.717) is 16.8 Å². The standard InChI is InChI=1S/C24H28N2O2S/c1-14(2)20-8-7-19(10-18(20)6)28-12-23(27)26-24-25-22(13-29-24)21-11-16(4)15(3)9-17(21)5/h7-11,13-14H,12H2,1-6H3,(H,25,26,27). The number of carbonyl (C=O) groups excluding carboxylic acids is 1. The average molecular weight is 409 g/mol. The van der Waals surface area contributed by atoms with Gasteiger partial charge in [-0.2, -0.15) is 0 Å². The molecule has 1 heterocycles. The minimum absolute atomic E-state index is 0.0436. The van der Waals surface area contributed by atoms with Crippen molar-refractivity contribution in [1.82, 2.24) is 4.98 Å². The molecule has 1 aromatic heterocycles. The summed E-state index contributed by atoms with van der Waals surface area (Å²) in [5, 5.41) is 5.39. The number of carbonyl (C=O) groups is 1. The summed E-state index contributed by atoms with van der Waals surface area (Å²) in [4.78, 5) is 16.9. The summed E-state index contributed by atoms with van der Waals surface area (Å²) in [6.07, 6.45) is 0. The second-order valence-corrected chi connectivity index (χ2v) is 8.66. The van der Waals surface area contributed by atoms with E-state index in [4.69, 9.17) is 4.74 Å². The van der Waals surface area contributed by atoms with Crippen LogP contribution in [0.2, 0.25) is 0 Å². The predicted molar refractivity (Wildman–Crippen MR) is 121 cm³/mol. The predicted octanol–water partition coefficient (Wildman–Crippen LogP) is 6.18. The molecule has 0 spiro atoms. The Bertz CT molecular complexity index is 1040. The Morgan fingerprint density at radius 3 is 2.45 bits per heavy atom. The van der Waals surface area contributed by atoms with Crippen molar-refractivity contribution >= 4 is 22.4 Å². The van der Waals surface area contributed by atoms with Gasteiger partial charge in [0.1, 0.15) is 5.75 Å². The molecule has 0 fully saturated rings. The summed E-state index contributed by atoms with van der Waals surface area (Å²) < 4.78 is 5.66. The van der Waals surface area contributed by atoms with Gasteiger partial charge in [0.15, 0.2) is 11.7 Å². The van der Waals surface area contributed by atoms with Crippen molar-refractivity contribution in [3.63, 3.8) is 0 Å². The van der Waals surface area contributed by atoms with Crippen LogP contribution < -0.4 is 10.1 Å². The molecule has 5 heteroatoms. The number of ether oxygens (including phenoxy) is 1. The first-order valence-electron chi connectivity index (χ1n) is 9.81. The number of aryl methyl sites for hydroxylation is 4. The van der Waals surface area contributed by atoms with Crippen molar-refractivity contribution in [3.05, 3.63) is 63.5 Å². The van der Waals surface area contributed by atoms with Crippen LogP contribution in [0.3, 0.4) is 0 Å². The third-order valence-electron chi connectivity index (χ3n) is 5.10. The van der Waals surface area contributed by atoms with Gasteiger partial charge in [-0.15, -0.1) is 11.3 Å². The molecule has 3 aromatic rings. The van der Waals surface area contributed by atoms with Crippen LogP contribution in [0.5, 0.6) is 5.75 Å². The molecule has 0 saturated heterocycles. The van der Waals surface area contributed by atoms with Gasteiger partial charge in [0.05, 0.1) is 5.69 Å². The molecule has 0 aliphatic heterocycles. The number of nitrogens with zero attached hydrogens (tertiary/aromatic N) is 1. The van der Waals surface area contributed by atoms with Crippen molar-refractivity contribution in [1.29, 1.82) is 0 Å². The van der Waals surface area contributed by atoms with E-state index in [9.17, 15) is 4.79 Å². The Kier molecular flexibility index (Phi) is 6.38. The van der Waals surface area contributed by atoms with Gasteiger partial charge >= 0.3 is 0 Å². The topological polar surface area (TPSA) is 51.2 Å². The van der Waals surface area contributed by atoms with Crippen molar-refractivity contribution in [3.8, 4) is 17.0 Å². The third-order valence-corrected chi connectivity index (χ3v) is 5.86. The molecule has 3 rings (SSSR count). The molecule has 152 valence electrons. The molecule has 0 radical (unpaired) electrons. The summed E-state index contributed by atoms with van der Waals surface area (Å²) in [6, 6.07) is 10.3. The number of hydrogen-bond donors (Lipinski definition) is 1. The number of aromatic nitrogens is 1. The van der Waals surface area contributed by atoms with Crippen molar-refractivity contribution in [2.45, 2.75) is 47.5 Å². The maximum atomic E-state index is 12.3. The van der Waals surface area contributed by atoms with Gasteiger partial charge in [-0.3, -0.25) is 10.1 Å². The molecule has 0 bridgehead atoms. The highest BCUT2D eigenvalue weighted by Crippen LogP contribution is 2.29. The van der Waals surface area contributed by atoms with Crippen molar-refractivity contribution < 1.29 is 9.53 Å². The van der Waals surface area contributed by atoms with Gasteiger partial charge in [-0.05, 0) is 79.6 Å². The lowest BCUT2D eigenvalue weighted by Gasteiger charge is -2.12. The Morgan fingerprint density at radius 2 is 1.76 bits per heavy atom. The summed E-state index contributed by atoms with van der Waals surface area (Å²) in [7, 11) is 0. The second-order valence-electron chi connectivity index (χ2n) is 7.80. The fraction of sp³-hybridized carbons (Fsp3) is 0.333. The zero-order chi connectivity index (χ0) is 21.1. The van der Waals surface area contributed by atoms with E-state index in [1.54, 1.807) is 0 Å². The van der Waals surface area contributed by atoms with E-state index < -0.39 is 0 Å². The molecule has 0 aliphatic rings. The Balaban J connectivity index is 1.62. The first kappa shape index (κ1) is 21.1. The van der Waals surface area contributed by atoms with Gasteiger partial charge in [0.2, 0.25) is 0 Å². The highest BCUT2D eigenvalue weighted by molar-refractivity contribution is 7.14. The lowest BCUT2D eigenvalue weighted by Crippen LogP contribution is -2.20. The van der Waals surface area contributed by atoms with E-state index in [2.05, 4.69) is 70.0 Å². The van der Waals surface area contributed by atoms with Crippen LogP contribution in [-0.4, -0.2) is 17.5 Å². The second kappa shape index (κ2) is 8.78. The summed E-state index contributed by atoms with van der Waals surface area (Å²) in [6.45, 7) is 12.6. The number of amides is 1. The molecule has 0 unspecified atom stereocenters. The highest BCUT2D eigenvalue weighted by atomic mass is 32.1. The Morgan fingerprint density at radius 1 is 1.03 bits per heavy atom. The summed E-state index contributed by atoms with van der Waals surface area (Å²) >= 11 is 1.42. The van der Waals surface area contributed by atoms with Crippen molar-refractivity contribution in [2.75, 3.05) is 11.9 Å². The molecule has 1 N–H and O–H groups in total. The number of thiazole rings is 1. The highest BCUT2D eigenvalue weighted by Gasteiger charge is 2.12. The minimum Gasteiger partial charge on any atom is -0.484 e. The minimum atomic E-state index is -0.215. The fourth-order valence-corrected chi connectivity index (χ4v) is 4.11.